The van der Waals surface area contributed by atoms with Crippen molar-refractivity contribution in [3.05, 3.63) is 24.8 Å². The Hall–Kier alpha value is -2.64. The number of aromatic nitrogens is 4. The molecule has 1 aliphatic rings. The molecule has 1 fully saturated rings. The van der Waals surface area contributed by atoms with E-state index in [0.29, 0.717) is 5.88 Å². The van der Waals surface area contributed by atoms with Crippen molar-refractivity contribution >= 4 is 17.5 Å². The summed E-state index contributed by atoms with van der Waals surface area (Å²) in [6.45, 7) is 3.52. The maximum absolute atomic E-state index is 5.16. The summed E-state index contributed by atoms with van der Waals surface area (Å²) in [4.78, 5) is 23.5. The number of anilines is 3. The predicted octanol–water partition coefficient (Wildman–Crippen LogP) is 0.668. The van der Waals surface area contributed by atoms with E-state index in [-0.39, 0.29) is 0 Å². The van der Waals surface area contributed by atoms with Gasteiger partial charge in [0.25, 0.3) is 0 Å². The van der Waals surface area contributed by atoms with E-state index in [9.17, 15) is 0 Å². The van der Waals surface area contributed by atoms with E-state index < -0.39 is 0 Å². The Morgan fingerprint density at radius 2 is 1.43 bits per heavy atom. The first-order chi connectivity index (χ1) is 11.2. The van der Waals surface area contributed by atoms with Gasteiger partial charge in [0.2, 0.25) is 5.88 Å². The number of hydrogen-bond donors (Lipinski definition) is 0. The minimum Gasteiger partial charge on any atom is -0.481 e. The van der Waals surface area contributed by atoms with Crippen LogP contribution in [0.15, 0.2) is 24.8 Å². The van der Waals surface area contributed by atoms with Crippen molar-refractivity contribution in [2.24, 2.45) is 0 Å². The highest BCUT2D eigenvalue weighted by molar-refractivity contribution is 5.51. The van der Waals surface area contributed by atoms with Gasteiger partial charge in [-0.3, -0.25) is 0 Å². The maximum atomic E-state index is 5.16. The van der Waals surface area contributed by atoms with E-state index in [1.807, 2.05) is 31.1 Å². The number of ether oxygens (including phenoxy) is 1. The van der Waals surface area contributed by atoms with Crippen LogP contribution in [0.2, 0.25) is 0 Å². The predicted molar refractivity (Wildman–Crippen MR) is 89.4 cm³/mol. The molecule has 0 unspecified atom stereocenters. The zero-order chi connectivity index (χ0) is 16.2. The van der Waals surface area contributed by atoms with Gasteiger partial charge in [-0.25, -0.2) is 19.9 Å². The second-order valence-electron chi connectivity index (χ2n) is 5.52. The molecule has 1 aliphatic heterocycles. The van der Waals surface area contributed by atoms with Crippen molar-refractivity contribution in [3.8, 4) is 5.88 Å². The van der Waals surface area contributed by atoms with E-state index >= 15 is 0 Å². The molecule has 2 aromatic heterocycles. The molecule has 3 heterocycles. The summed E-state index contributed by atoms with van der Waals surface area (Å²) in [7, 11) is 5.57. The molecule has 0 radical (unpaired) electrons. The molecular formula is C15H21N7O. The summed E-state index contributed by atoms with van der Waals surface area (Å²) in [5.41, 5.74) is 0. The van der Waals surface area contributed by atoms with Crippen LogP contribution in [-0.4, -0.2) is 67.3 Å². The molecule has 0 spiro atoms. The molecule has 0 N–H and O–H groups in total. The van der Waals surface area contributed by atoms with Crippen molar-refractivity contribution in [2.45, 2.75) is 0 Å². The monoisotopic (exact) mass is 315 g/mol. The Balaban J connectivity index is 1.67. The third kappa shape index (κ3) is 3.41. The fourth-order valence-electron chi connectivity index (χ4n) is 2.53. The van der Waals surface area contributed by atoms with E-state index in [0.717, 1.165) is 43.6 Å². The molecular weight excluding hydrogens is 294 g/mol. The van der Waals surface area contributed by atoms with E-state index in [1.165, 1.54) is 6.33 Å². The van der Waals surface area contributed by atoms with E-state index in [4.69, 9.17) is 4.74 Å². The van der Waals surface area contributed by atoms with Crippen LogP contribution in [0, 0.1) is 0 Å². The molecule has 3 rings (SSSR count). The minimum absolute atomic E-state index is 0.587. The molecule has 0 aromatic carbocycles. The van der Waals surface area contributed by atoms with Crippen LogP contribution in [-0.2, 0) is 0 Å². The standard InChI is InChI=1S/C15H21N7O/c1-20(2)12-8-13(17-10-16-12)21-4-6-22(7-5-21)14-9-15(23-3)19-11-18-14/h8-11H,4-7H2,1-3H3. The average molecular weight is 315 g/mol. The fourth-order valence-corrected chi connectivity index (χ4v) is 2.53. The van der Waals surface area contributed by atoms with Crippen molar-refractivity contribution in [3.63, 3.8) is 0 Å². The molecule has 0 atom stereocenters. The van der Waals surface area contributed by atoms with Crippen LogP contribution in [0.25, 0.3) is 0 Å². The SMILES string of the molecule is COc1cc(N2CCN(c3cc(N(C)C)ncn3)CC2)ncn1. The van der Waals surface area contributed by atoms with Crippen molar-refractivity contribution in [1.29, 1.82) is 0 Å². The molecule has 122 valence electrons. The second kappa shape index (κ2) is 6.64. The van der Waals surface area contributed by atoms with Gasteiger partial charge in [-0.1, -0.05) is 0 Å². The van der Waals surface area contributed by atoms with Crippen LogP contribution in [0.4, 0.5) is 17.5 Å². The van der Waals surface area contributed by atoms with Crippen LogP contribution in [0.5, 0.6) is 5.88 Å². The van der Waals surface area contributed by atoms with Gasteiger partial charge in [-0.15, -0.1) is 0 Å². The van der Waals surface area contributed by atoms with Gasteiger partial charge in [0.15, 0.2) is 0 Å². The number of nitrogens with zero attached hydrogens (tertiary/aromatic N) is 7. The highest BCUT2D eigenvalue weighted by Crippen LogP contribution is 2.21. The topological polar surface area (TPSA) is 70.5 Å². The fraction of sp³-hybridized carbons (Fsp3) is 0.467. The quantitative estimate of drug-likeness (QED) is 0.815. The number of piperazine rings is 1. The Labute approximate surface area is 135 Å². The van der Waals surface area contributed by atoms with E-state index in [2.05, 4.69) is 29.7 Å². The van der Waals surface area contributed by atoms with Crippen LogP contribution >= 0.6 is 0 Å². The summed E-state index contributed by atoms with van der Waals surface area (Å²) >= 11 is 0. The van der Waals surface area contributed by atoms with Crippen LogP contribution in [0.3, 0.4) is 0 Å². The summed E-state index contributed by atoms with van der Waals surface area (Å²) in [6.07, 6.45) is 3.15. The lowest BCUT2D eigenvalue weighted by atomic mass is 10.3. The number of methoxy groups -OCH3 is 1. The molecule has 23 heavy (non-hydrogen) atoms. The van der Waals surface area contributed by atoms with Gasteiger partial charge in [-0.05, 0) is 0 Å². The van der Waals surface area contributed by atoms with Gasteiger partial charge in [0, 0.05) is 52.4 Å². The molecule has 0 saturated carbocycles. The molecule has 0 bridgehead atoms. The first kappa shape index (κ1) is 15.3. The molecule has 8 heteroatoms. The summed E-state index contributed by atoms with van der Waals surface area (Å²) < 4.78 is 5.16. The highest BCUT2D eigenvalue weighted by Gasteiger charge is 2.20. The summed E-state index contributed by atoms with van der Waals surface area (Å²) in [6, 6.07) is 3.88. The second-order valence-corrected chi connectivity index (χ2v) is 5.52. The van der Waals surface area contributed by atoms with Crippen LogP contribution < -0.4 is 19.4 Å². The number of hydrogen-bond acceptors (Lipinski definition) is 8. The van der Waals surface area contributed by atoms with Gasteiger partial charge >= 0.3 is 0 Å². The maximum Gasteiger partial charge on any atom is 0.218 e. The first-order valence-corrected chi connectivity index (χ1v) is 7.52. The summed E-state index contributed by atoms with van der Waals surface area (Å²) in [5.74, 6) is 3.36. The van der Waals surface area contributed by atoms with Crippen LogP contribution in [0.1, 0.15) is 0 Å². The summed E-state index contributed by atoms with van der Waals surface area (Å²) in [5, 5.41) is 0. The lowest BCUT2D eigenvalue weighted by molar-refractivity contribution is 0.396. The average Bonchev–Trinajstić information content (AvgIpc) is 2.62. The number of rotatable bonds is 4. The normalized spacial score (nSPS) is 14.7. The molecule has 0 aliphatic carbocycles. The molecule has 0 amide bonds. The minimum atomic E-state index is 0.587. The third-order valence-electron chi connectivity index (χ3n) is 3.86. The molecule has 8 nitrogen and oxygen atoms in total. The lowest BCUT2D eigenvalue weighted by Crippen LogP contribution is -2.47. The zero-order valence-electron chi connectivity index (χ0n) is 13.7. The first-order valence-electron chi connectivity index (χ1n) is 7.52. The van der Waals surface area contributed by atoms with Gasteiger partial charge in [0.1, 0.15) is 30.1 Å². The Bertz CT molecular complexity index is 656. The Morgan fingerprint density at radius 1 is 0.870 bits per heavy atom. The zero-order valence-corrected chi connectivity index (χ0v) is 13.7. The Kier molecular flexibility index (Phi) is 4.40. The van der Waals surface area contributed by atoms with Gasteiger partial charge in [0.05, 0.1) is 7.11 Å². The largest absolute Gasteiger partial charge is 0.481 e. The van der Waals surface area contributed by atoms with Crippen molar-refractivity contribution < 1.29 is 4.74 Å². The highest BCUT2D eigenvalue weighted by atomic mass is 16.5. The van der Waals surface area contributed by atoms with Crippen molar-refractivity contribution in [2.75, 3.05) is 62.1 Å². The van der Waals surface area contributed by atoms with Crippen molar-refractivity contribution in [1.82, 2.24) is 19.9 Å². The molecule has 2 aromatic rings. The van der Waals surface area contributed by atoms with Gasteiger partial charge < -0.3 is 19.4 Å². The van der Waals surface area contributed by atoms with Gasteiger partial charge in [-0.2, -0.15) is 0 Å². The smallest absolute Gasteiger partial charge is 0.218 e. The molecule has 1 saturated heterocycles. The van der Waals surface area contributed by atoms with E-state index in [1.54, 1.807) is 13.4 Å². The third-order valence-corrected chi connectivity index (χ3v) is 3.86. The lowest BCUT2D eigenvalue weighted by Gasteiger charge is -2.36. The Morgan fingerprint density at radius 3 is 2.00 bits per heavy atom.